The monoisotopic (exact) mass is 312 g/mol. The van der Waals surface area contributed by atoms with Crippen LogP contribution in [0.2, 0.25) is 10.0 Å². The molecule has 0 aromatic heterocycles. The molecule has 2 fully saturated rings. The second kappa shape index (κ2) is 4.20. The fourth-order valence-corrected chi connectivity index (χ4v) is 2.73. The summed E-state index contributed by atoms with van der Waals surface area (Å²) in [5.41, 5.74) is -0.166. The summed E-state index contributed by atoms with van der Waals surface area (Å²) in [6, 6.07) is 2.25. The largest absolute Gasteiger partial charge is 0.335 e. The number of hydrogen-bond acceptors (Lipinski definition) is 3. The molecule has 0 radical (unpaired) electrons. The molecule has 1 aliphatic carbocycles. The topological polar surface area (TPSA) is 66.5 Å². The van der Waals surface area contributed by atoms with Gasteiger partial charge in [-0.15, -0.1) is 0 Å². The summed E-state index contributed by atoms with van der Waals surface area (Å²) >= 11 is 12.1. The number of carbonyl (C=O) groups excluding carboxylic acids is 3. The molecular weight excluding hydrogens is 303 g/mol. The number of urea groups is 1. The number of benzene rings is 1. The molecule has 1 spiro atoms. The third-order valence-corrected chi connectivity index (χ3v) is 4.40. The number of nitrogens with one attached hydrogen (secondary N) is 1. The smallest absolute Gasteiger partial charge is 0.276 e. The van der Waals surface area contributed by atoms with Gasteiger partial charge in [0.05, 0.1) is 10.7 Å². The lowest BCUT2D eigenvalue weighted by atomic mass is 10.0. The van der Waals surface area contributed by atoms with Gasteiger partial charge >= 0.3 is 6.03 Å². The first-order valence-corrected chi connectivity index (χ1v) is 6.78. The van der Waals surface area contributed by atoms with Gasteiger partial charge in [0.25, 0.3) is 5.91 Å². The van der Waals surface area contributed by atoms with Crippen molar-refractivity contribution in [2.24, 2.45) is 5.41 Å². The van der Waals surface area contributed by atoms with Crippen molar-refractivity contribution >= 4 is 46.7 Å². The van der Waals surface area contributed by atoms with Gasteiger partial charge in [0.15, 0.2) is 0 Å². The van der Waals surface area contributed by atoms with Gasteiger partial charge in [-0.2, -0.15) is 0 Å². The summed E-state index contributed by atoms with van der Waals surface area (Å²) in [6.07, 6.45) is 0.886. The molecule has 1 N–H and O–H groups in total. The molecule has 3 rings (SSSR count). The first kappa shape index (κ1) is 13.4. The van der Waals surface area contributed by atoms with Gasteiger partial charge in [0.1, 0.15) is 5.41 Å². The van der Waals surface area contributed by atoms with Crippen molar-refractivity contribution in [1.82, 2.24) is 5.32 Å². The molecule has 1 aromatic carbocycles. The summed E-state index contributed by atoms with van der Waals surface area (Å²) in [7, 11) is 0. The van der Waals surface area contributed by atoms with E-state index in [1.54, 1.807) is 13.0 Å². The van der Waals surface area contributed by atoms with Crippen LogP contribution in [0.15, 0.2) is 12.1 Å². The number of carbonyl (C=O) groups is 3. The third kappa shape index (κ3) is 1.73. The Morgan fingerprint density at radius 2 is 1.80 bits per heavy atom. The maximum Gasteiger partial charge on any atom is 0.335 e. The Kier molecular flexibility index (Phi) is 2.81. The normalized spacial score (nSPS) is 20.4. The fraction of sp³-hybridized carbons (Fsp3) is 0.308. The van der Waals surface area contributed by atoms with Crippen LogP contribution in [-0.2, 0) is 9.59 Å². The predicted octanol–water partition coefficient (Wildman–Crippen LogP) is 2.66. The second-order valence-corrected chi connectivity index (χ2v) is 5.85. The molecule has 1 heterocycles. The Bertz CT molecular complexity index is 668. The minimum absolute atomic E-state index is 0.198. The van der Waals surface area contributed by atoms with Crippen molar-refractivity contribution in [2.45, 2.75) is 19.8 Å². The fourth-order valence-electron chi connectivity index (χ4n) is 2.27. The van der Waals surface area contributed by atoms with Crippen LogP contribution >= 0.6 is 23.2 Å². The molecular formula is C13H10Cl2N2O3. The number of anilines is 1. The van der Waals surface area contributed by atoms with E-state index < -0.39 is 23.3 Å². The van der Waals surface area contributed by atoms with E-state index in [2.05, 4.69) is 5.32 Å². The average Bonchev–Trinajstić information content (AvgIpc) is 3.15. The Labute approximate surface area is 124 Å². The van der Waals surface area contributed by atoms with Crippen LogP contribution in [0.25, 0.3) is 0 Å². The number of barbiturate groups is 1. The van der Waals surface area contributed by atoms with E-state index in [0.717, 1.165) is 10.5 Å². The van der Waals surface area contributed by atoms with Crippen LogP contribution in [0.5, 0.6) is 0 Å². The molecule has 0 unspecified atom stereocenters. The Balaban J connectivity index is 2.09. The van der Waals surface area contributed by atoms with E-state index >= 15 is 0 Å². The lowest BCUT2D eigenvalue weighted by molar-refractivity contribution is -0.136. The number of imide groups is 2. The van der Waals surface area contributed by atoms with Crippen molar-refractivity contribution in [2.75, 3.05) is 4.90 Å². The highest BCUT2D eigenvalue weighted by atomic mass is 35.5. The molecule has 1 aliphatic heterocycles. The van der Waals surface area contributed by atoms with Gasteiger partial charge in [0.2, 0.25) is 5.91 Å². The summed E-state index contributed by atoms with van der Waals surface area (Å²) < 4.78 is 0. The summed E-state index contributed by atoms with van der Waals surface area (Å²) in [6.45, 7) is 1.77. The van der Waals surface area contributed by atoms with Gasteiger partial charge in [-0.1, -0.05) is 23.2 Å². The molecule has 0 atom stereocenters. The van der Waals surface area contributed by atoms with E-state index in [0.29, 0.717) is 17.9 Å². The van der Waals surface area contributed by atoms with E-state index in [-0.39, 0.29) is 10.7 Å². The third-order valence-electron chi connectivity index (χ3n) is 3.69. The van der Waals surface area contributed by atoms with E-state index in [9.17, 15) is 14.4 Å². The zero-order valence-electron chi connectivity index (χ0n) is 10.5. The van der Waals surface area contributed by atoms with Crippen molar-refractivity contribution in [3.8, 4) is 0 Å². The van der Waals surface area contributed by atoms with Gasteiger partial charge in [-0.05, 0) is 37.5 Å². The maximum absolute atomic E-state index is 12.4. The lowest BCUT2D eigenvalue weighted by Gasteiger charge is -2.30. The number of halogens is 2. The van der Waals surface area contributed by atoms with Crippen molar-refractivity contribution in [3.63, 3.8) is 0 Å². The Hall–Kier alpha value is -1.59. The number of amides is 4. The number of hydrogen-bond donors (Lipinski definition) is 1. The van der Waals surface area contributed by atoms with Crippen molar-refractivity contribution in [1.29, 1.82) is 0 Å². The van der Waals surface area contributed by atoms with Crippen LogP contribution in [0.1, 0.15) is 18.4 Å². The van der Waals surface area contributed by atoms with Crippen LogP contribution < -0.4 is 10.2 Å². The second-order valence-electron chi connectivity index (χ2n) is 5.03. The lowest BCUT2D eigenvalue weighted by Crippen LogP contribution is -2.59. The molecule has 1 saturated heterocycles. The average molecular weight is 313 g/mol. The maximum atomic E-state index is 12.4. The van der Waals surface area contributed by atoms with Crippen molar-refractivity contribution in [3.05, 3.63) is 27.7 Å². The Morgan fingerprint density at radius 1 is 1.15 bits per heavy atom. The molecule has 1 saturated carbocycles. The highest BCUT2D eigenvalue weighted by Gasteiger charge is 2.62. The van der Waals surface area contributed by atoms with Gasteiger partial charge in [-0.3, -0.25) is 14.9 Å². The summed E-state index contributed by atoms with van der Waals surface area (Å²) in [5, 5.41) is 2.83. The molecule has 20 heavy (non-hydrogen) atoms. The zero-order valence-corrected chi connectivity index (χ0v) is 12.0. The van der Waals surface area contributed by atoms with E-state index in [4.69, 9.17) is 23.2 Å². The molecule has 1 aromatic rings. The summed E-state index contributed by atoms with van der Waals surface area (Å²) in [4.78, 5) is 37.0. The molecule has 2 aliphatic rings. The molecule has 4 amide bonds. The minimum atomic E-state index is -1.10. The minimum Gasteiger partial charge on any atom is -0.276 e. The predicted molar refractivity (Wildman–Crippen MR) is 73.9 cm³/mol. The van der Waals surface area contributed by atoms with Crippen molar-refractivity contribution < 1.29 is 14.4 Å². The number of rotatable bonds is 1. The van der Waals surface area contributed by atoms with E-state index in [1.807, 2.05) is 0 Å². The van der Waals surface area contributed by atoms with Crippen LogP contribution in [0.4, 0.5) is 10.5 Å². The van der Waals surface area contributed by atoms with Crippen LogP contribution in [-0.4, -0.2) is 17.8 Å². The first-order chi connectivity index (χ1) is 9.36. The molecule has 5 nitrogen and oxygen atoms in total. The Morgan fingerprint density at radius 3 is 2.40 bits per heavy atom. The van der Waals surface area contributed by atoms with Crippen LogP contribution in [0.3, 0.4) is 0 Å². The number of aryl methyl sites for hydroxylation is 1. The molecule has 104 valence electrons. The molecule has 0 bridgehead atoms. The first-order valence-electron chi connectivity index (χ1n) is 6.02. The highest BCUT2D eigenvalue weighted by Crippen LogP contribution is 2.50. The highest BCUT2D eigenvalue weighted by molar-refractivity contribution is 6.39. The quantitative estimate of drug-likeness (QED) is 0.811. The standard InChI is InChI=1S/C13H10Cl2N2O3/c1-6-4-8(15)9(5-7(6)14)17-11(19)13(2-3-13)10(18)16-12(17)20/h4-5H,2-3H2,1H3,(H,16,18,20). The van der Waals surface area contributed by atoms with Gasteiger partial charge in [-0.25, -0.2) is 9.69 Å². The molecule has 7 heteroatoms. The number of nitrogens with zero attached hydrogens (tertiary/aromatic N) is 1. The zero-order chi connectivity index (χ0) is 14.7. The van der Waals surface area contributed by atoms with Gasteiger partial charge in [0, 0.05) is 5.02 Å². The van der Waals surface area contributed by atoms with Crippen LogP contribution in [0, 0.1) is 12.3 Å². The SMILES string of the molecule is Cc1cc(Cl)c(N2C(=O)NC(=O)C3(CC3)C2=O)cc1Cl. The van der Waals surface area contributed by atoms with E-state index in [1.165, 1.54) is 6.07 Å². The summed E-state index contributed by atoms with van der Waals surface area (Å²) in [5.74, 6) is -1.06. The van der Waals surface area contributed by atoms with Gasteiger partial charge < -0.3 is 0 Å².